The average molecular weight is 420 g/mol. The number of anilines is 1. The van der Waals surface area contributed by atoms with E-state index in [0.717, 1.165) is 37.6 Å². The summed E-state index contributed by atoms with van der Waals surface area (Å²) in [5.41, 5.74) is 8.57. The van der Waals surface area contributed by atoms with Crippen LogP contribution in [0, 0.1) is 0 Å². The van der Waals surface area contributed by atoms with Gasteiger partial charge in [0.25, 0.3) is 0 Å². The van der Waals surface area contributed by atoms with Gasteiger partial charge in [0, 0.05) is 50.9 Å². The SMILES string of the molecule is CN(C)c1ccc(CCN=C(N)N2CCSCC2)cc1.I. The quantitative estimate of drug-likeness (QED) is 0.461. The molecule has 0 bridgehead atoms. The van der Waals surface area contributed by atoms with Gasteiger partial charge in [-0.05, 0) is 24.1 Å². The van der Waals surface area contributed by atoms with E-state index >= 15 is 0 Å². The van der Waals surface area contributed by atoms with E-state index in [1.54, 1.807) is 0 Å². The van der Waals surface area contributed by atoms with E-state index in [2.05, 4.69) is 53.2 Å². The van der Waals surface area contributed by atoms with E-state index in [9.17, 15) is 0 Å². The van der Waals surface area contributed by atoms with Crippen LogP contribution in [0.15, 0.2) is 29.3 Å². The molecule has 1 saturated heterocycles. The molecule has 0 unspecified atom stereocenters. The molecule has 2 rings (SSSR count). The molecule has 0 spiro atoms. The van der Waals surface area contributed by atoms with E-state index < -0.39 is 0 Å². The molecule has 1 aliphatic heterocycles. The van der Waals surface area contributed by atoms with Crippen molar-refractivity contribution in [1.82, 2.24) is 4.90 Å². The minimum Gasteiger partial charge on any atom is -0.378 e. The molecule has 0 aliphatic carbocycles. The Morgan fingerprint density at radius 3 is 2.43 bits per heavy atom. The van der Waals surface area contributed by atoms with Gasteiger partial charge in [-0.1, -0.05) is 12.1 Å². The summed E-state index contributed by atoms with van der Waals surface area (Å²) in [4.78, 5) is 8.79. The molecule has 21 heavy (non-hydrogen) atoms. The molecule has 6 heteroatoms. The summed E-state index contributed by atoms with van der Waals surface area (Å²) >= 11 is 1.98. The lowest BCUT2D eigenvalue weighted by Crippen LogP contribution is -2.42. The van der Waals surface area contributed by atoms with Crippen molar-refractivity contribution in [3.63, 3.8) is 0 Å². The third-order valence-electron chi connectivity index (χ3n) is 3.46. The molecule has 0 atom stereocenters. The van der Waals surface area contributed by atoms with E-state index in [1.165, 1.54) is 11.3 Å². The number of thioether (sulfide) groups is 1. The van der Waals surface area contributed by atoms with Gasteiger partial charge in [0.05, 0.1) is 0 Å². The summed E-state index contributed by atoms with van der Waals surface area (Å²) in [6.07, 6.45) is 0.941. The Bertz CT molecular complexity index is 441. The first-order valence-electron chi connectivity index (χ1n) is 7.05. The predicted molar refractivity (Wildman–Crippen MR) is 105 cm³/mol. The summed E-state index contributed by atoms with van der Waals surface area (Å²) in [5, 5.41) is 0. The Hall–Kier alpha value is -0.630. The second kappa shape index (κ2) is 9.40. The Morgan fingerprint density at radius 2 is 1.86 bits per heavy atom. The first-order chi connectivity index (χ1) is 9.66. The molecular weight excluding hydrogens is 395 g/mol. The molecule has 118 valence electrons. The summed E-state index contributed by atoms with van der Waals surface area (Å²) in [5.74, 6) is 3.01. The number of guanidine groups is 1. The van der Waals surface area contributed by atoms with Crippen molar-refractivity contribution in [3.8, 4) is 0 Å². The van der Waals surface area contributed by atoms with Gasteiger partial charge in [0.1, 0.15) is 0 Å². The third kappa shape index (κ3) is 5.94. The first-order valence-corrected chi connectivity index (χ1v) is 8.21. The molecule has 1 aromatic carbocycles. The van der Waals surface area contributed by atoms with Crippen LogP contribution < -0.4 is 10.6 Å². The maximum absolute atomic E-state index is 6.04. The minimum absolute atomic E-state index is 0. The summed E-state index contributed by atoms with van der Waals surface area (Å²) < 4.78 is 0. The van der Waals surface area contributed by atoms with Crippen LogP contribution >= 0.6 is 35.7 Å². The van der Waals surface area contributed by atoms with Gasteiger partial charge in [-0.15, -0.1) is 24.0 Å². The van der Waals surface area contributed by atoms with Crippen molar-refractivity contribution in [3.05, 3.63) is 29.8 Å². The van der Waals surface area contributed by atoms with Crippen LogP contribution in [-0.4, -0.2) is 56.1 Å². The van der Waals surface area contributed by atoms with Gasteiger partial charge in [-0.25, -0.2) is 0 Å². The lowest BCUT2D eigenvalue weighted by Gasteiger charge is -2.27. The number of rotatable bonds is 4. The van der Waals surface area contributed by atoms with Crippen LogP contribution in [0.2, 0.25) is 0 Å². The highest BCUT2D eigenvalue weighted by Gasteiger charge is 2.11. The highest BCUT2D eigenvalue weighted by Crippen LogP contribution is 2.13. The van der Waals surface area contributed by atoms with E-state index in [0.29, 0.717) is 5.96 Å². The predicted octanol–water partition coefficient (Wildman–Crippen LogP) is 2.28. The van der Waals surface area contributed by atoms with Gasteiger partial charge in [0.15, 0.2) is 5.96 Å². The van der Waals surface area contributed by atoms with Crippen LogP contribution in [0.5, 0.6) is 0 Å². The van der Waals surface area contributed by atoms with Crippen LogP contribution in [0.4, 0.5) is 5.69 Å². The smallest absolute Gasteiger partial charge is 0.191 e. The second-order valence-corrected chi connectivity index (χ2v) is 6.37. The highest BCUT2D eigenvalue weighted by molar-refractivity contribution is 14.0. The second-order valence-electron chi connectivity index (χ2n) is 5.15. The summed E-state index contributed by atoms with van der Waals surface area (Å²) in [7, 11) is 4.10. The Labute approximate surface area is 149 Å². The standard InChI is InChI=1S/C15H24N4S.HI/c1-18(2)14-5-3-13(4-6-14)7-8-17-15(16)19-9-11-20-12-10-19;/h3-6H,7-12H2,1-2H3,(H2,16,17);1H. The van der Waals surface area contributed by atoms with Crippen molar-refractivity contribution in [1.29, 1.82) is 0 Å². The zero-order valence-corrected chi connectivity index (χ0v) is 15.9. The number of halogens is 1. The fourth-order valence-corrected chi connectivity index (χ4v) is 3.06. The van der Waals surface area contributed by atoms with Crippen LogP contribution in [0.25, 0.3) is 0 Å². The first kappa shape index (κ1) is 18.4. The zero-order valence-electron chi connectivity index (χ0n) is 12.8. The van der Waals surface area contributed by atoms with Crippen molar-refractivity contribution >= 4 is 47.4 Å². The molecule has 0 saturated carbocycles. The van der Waals surface area contributed by atoms with Gasteiger partial charge >= 0.3 is 0 Å². The summed E-state index contributed by atoms with van der Waals surface area (Å²) in [6, 6.07) is 8.62. The lowest BCUT2D eigenvalue weighted by atomic mass is 10.1. The fraction of sp³-hybridized carbons (Fsp3) is 0.533. The van der Waals surface area contributed by atoms with Crippen molar-refractivity contribution in [2.45, 2.75) is 6.42 Å². The number of nitrogens with two attached hydrogens (primary N) is 1. The molecule has 2 N–H and O–H groups in total. The molecule has 0 radical (unpaired) electrons. The van der Waals surface area contributed by atoms with Crippen molar-refractivity contribution < 1.29 is 0 Å². The molecule has 1 fully saturated rings. The normalized spacial score (nSPS) is 15.5. The van der Waals surface area contributed by atoms with E-state index in [1.807, 2.05) is 11.8 Å². The van der Waals surface area contributed by atoms with E-state index in [4.69, 9.17) is 5.73 Å². The number of nitrogens with zero attached hydrogens (tertiary/aromatic N) is 3. The molecular formula is C15H25IN4S. The number of hydrogen-bond acceptors (Lipinski definition) is 3. The largest absolute Gasteiger partial charge is 0.378 e. The molecule has 1 heterocycles. The van der Waals surface area contributed by atoms with Crippen molar-refractivity contribution in [2.24, 2.45) is 10.7 Å². The van der Waals surface area contributed by atoms with Gasteiger partial charge < -0.3 is 15.5 Å². The number of benzene rings is 1. The van der Waals surface area contributed by atoms with Crippen LogP contribution in [0.3, 0.4) is 0 Å². The lowest BCUT2D eigenvalue weighted by molar-refractivity contribution is 0.456. The van der Waals surface area contributed by atoms with Gasteiger partial charge in [-0.2, -0.15) is 11.8 Å². The Balaban J connectivity index is 0.00000220. The number of aliphatic imine (C=N–C) groups is 1. The molecule has 1 aromatic rings. The number of hydrogen-bond donors (Lipinski definition) is 1. The topological polar surface area (TPSA) is 44.9 Å². The van der Waals surface area contributed by atoms with Gasteiger partial charge in [0.2, 0.25) is 0 Å². The van der Waals surface area contributed by atoms with E-state index in [-0.39, 0.29) is 24.0 Å². The van der Waals surface area contributed by atoms with Gasteiger partial charge in [-0.3, -0.25) is 4.99 Å². The highest BCUT2D eigenvalue weighted by atomic mass is 127. The monoisotopic (exact) mass is 420 g/mol. The fourth-order valence-electron chi connectivity index (χ4n) is 2.15. The Kier molecular flexibility index (Phi) is 8.24. The minimum atomic E-state index is 0. The van der Waals surface area contributed by atoms with Crippen LogP contribution in [0.1, 0.15) is 5.56 Å². The average Bonchev–Trinajstić information content (AvgIpc) is 2.48. The maximum atomic E-state index is 6.04. The third-order valence-corrected chi connectivity index (χ3v) is 4.40. The zero-order chi connectivity index (χ0) is 14.4. The molecule has 0 amide bonds. The van der Waals surface area contributed by atoms with Crippen molar-refractivity contribution in [2.75, 3.05) is 50.1 Å². The van der Waals surface area contributed by atoms with Crippen LogP contribution in [-0.2, 0) is 6.42 Å². The maximum Gasteiger partial charge on any atom is 0.191 e. The Morgan fingerprint density at radius 1 is 1.24 bits per heavy atom. The molecule has 4 nitrogen and oxygen atoms in total. The summed E-state index contributed by atoms with van der Waals surface area (Å²) in [6.45, 7) is 2.81. The molecule has 0 aromatic heterocycles. The molecule has 1 aliphatic rings.